The minimum atomic E-state index is -3.36. The monoisotopic (exact) mass is 270 g/mol. The summed E-state index contributed by atoms with van der Waals surface area (Å²) >= 11 is 0. The molecule has 102 valence electrons. The van der Waals surface area contributed by atoms with Gasteiger partial charge in [-0.3, -0.25) is 0 Å². The standard InChI is InChI=1S/C13H22N2O2S/c1-5-9-15(4)18(16,17)13-8-6-7-12(10-13)11(2)14-3/h6-8,10-11,14H,5,9H2,1-4H3. The van der Waals surface area contributed by atoms with Crippen LogP contribution in [-0.4, -0.2) is 33.4 Å². The van der Waals surface area contributed by atoms with Crippen LogP contribution in [0.25, 0.3) is 0 Å². The summed E-state index contributed by atoms with van der Waals surface area (Å²) in [6.07, 6.45) is 0.808. The van der Waals surface area contributed by atoms with Gasteiger partial charge in [0.15, 0.2) is 0 Å². The van der Waals surface area contributed by atoms with Gasteiger partial charge in [0.05, 0.1) is 4.90 Å². The topological polar surface area (TPSA) is 49.4 Å². The third-order valence-corrected chi connectivity index (χ3v) is 4.89. The summed E-state index contributed by atoms with van der Waals surface area (Å²) in [4.78, 5) is 0.359. The van der Waals surface area contributed by atoms with Crippen molar-refractivity contribution in [3.8, 4) is 0 Å². The van der Waals surface area contributed by atoms with Crippen molar-refractivity contribution in [1.29, 1.82) is 0 Å². The summed E-state index contributed by atoms with van der Waals surface area (Å²) in [5.41, 5.74) is 0.975. The summed E-state index contributed by atoms with van der Waals surface area (Å²) in [6.45, 7) is 4.50. The maximum Gasteiger partial charge on any atom is 0.242 e. The number of hydrogen-bond acceptors (Lipinski definition) is 3. The normalized spacial score (nSPS) is 13.8. The zero-order chi connectivity index (χ0) is 13.8. The molecular formula is C13H22N2O2S. The van der Waals surface area contributed by atoms with Gasteiger partial charge in [-0.15, -0.1) is 0 Å². The van der Waals surface area contributed by atoms with E-state index in [9.17, 15) is 8.42 Å². The van der Waals surface area contributed by atoms with E-state index >= 15 is 0 Å². The average molecular weight is 270 g/mol. The first-order valence-corrected chi connectivity index (χ1v) is 7.61. The van der Waals surface area contributed by atoms with Crippen molar-refractivity contribution in [3.05, 3.63) is 29.8 Å². The molecule has 0 fully saturated rings. The van der Waals surface area contributed by atoms with Crippen LogP contribution in [0.2, 0.25) is 0 Å². The van der Waals surface area contributed by atoms with Gasteiger partial charge in [-0.1, -0.05) is 19.1 Å². The zero-order valence-corrected chi connectivity index (χ0v) is 12.3. The van der Waals surface area contributed by atoms with E-state index in [1.54, 1.807) is 25.2 Å². The predicted octanol–water partition coefficient (Wildman–Crippen LogP) is 2.00. The molecule has 0 aliphatic heterocycles. The quantitative estimate of drug-likeness (QED) is 0.860. The van der Waals surface area contributed by atoms with Gasteiger partial charge in [-0.2, -0.15) is 0 Å². The van der Waals surface area contributed by atoms with E-state index in [-0.39, 0.29) is 6.04 Å². The van der Waals surface area contributed by atoms with Gasteiger partial charge >= 0.3 is 0 Å². The predicted molar refractivity (Wildman–Crippen MR) is 74.0 cm³/mol. The Morgan fingerprint density at radius 1 is 1.39 bits per heavy atom. The lowest BCUT2D eigenvalue weighted by Crippen LogP contribution is -2.27. The van der Waals surface area contributed by atoms with Gasteiger partial charge in [0.25, 0.3) is 0 Å². The van der Waals surface area contributed by atoms with Crippen molar-refractivity contribution in [2.75, 3.05) is 20.6 Å². The lowest BCUT2D eigenvalue weighted by molar-refractivity contribution is 0.468. The molecule has 0 saturated carbocycles. The summed E-state index contributed by atoms with van der Waals surface area (Å²) in [7, 11) is 0.114. The molecule has 0 bridgehead atoms. The average Bonchev–Trinajstić information content (AvgIpc) is 2.38. The van der Waals surface area contributed by atoms with Crippen molar-refractivity contribution in [1.82, 2.24) is 9.62 Å². The lowest BCUT2D eigenvalue weighted by Gasteiger charge is -2.18. The maximum atomic E-state index is 12.3. The number of sulfonamides is 1. The Labute approximate surface area is 110 Å². The fourth-order valence-corrected chi connectivity index (χ4v) is 3.04. The van der Waals surface area contributed by atoms with Crippen molar-refractivity contribution in [2.45, 2.75) is 31.2 Å². The summed E-state index contributed by atoms with van der Waals surface area (Å²) in [5.74, 6) is 0. The molecular weight excluding hydrogens is 248 g/mol. The highest BCUT2D eigenvalue weighted by Gasteiger charge is 2.20. The van der Waals surface area contributed by atoms with E-state index in [2.05, 4.69) is 5.32 Å². The molecule has 1 aromatic rings. The van der Waals surface area contributed by atoms with Gasteiger partial charge in [-0.05, 0) is 38.1 Å². The Bertz CT molecular complexity index is 486. The first kappa shape index (κ1) is 15.1. The molecule has 1 unspecified atom stereocenters. The van der Waals surface area contributed by atoms with Crippen LogP contribution in [0.5, 0.6) is 0 Å². The maximum absolute atomic E-state index is 12.3. The van der Waals surface area contributed by atoms with E-state index in [0.717, 1.165) is 12.0 Å². The molecule has 0 radical (unpaired) electrons. The fraction of sp³-hybridized carbons (Fsp3) is 0.538. The van der Waals surface area contributed by atoms with Crippen LogP contribution in [0.3, 0.4) is 0 Å². The van der Waals surface area contributed by atoms with Crippen LogP contribution in [0.15, 0.2) is 29.2 Å². The molecule has 18 heavy (non-hydrogen) atoms. The van der Waals surface area contributed by atoms with E-state index < -0.39 is 10.0 Å². The van der Waals surface area contributed by atoms with E-state index in [4.69, 9.17) is 0 Å². The van der Waals surface area contributed by atoms with Crippen molar-refractivity contribution in [3.63, 3.8) is 0 Å². The Balaban J connectivity index is 3.10. The molecule has 1 N–H and O–H groups in total. The second-order valence-corrected chi connectivity index (χ2v) is 6.45. The van der Waals surface area contributed by atoms with Gasteiger partial charge in [0.2, 0.25) is 10.0 Å². The molecule has 4 nitrogen and oxygen atoms in total. The number of nitrogens with zero attached hydrogens (tertiary/aromatic N) is 1. The molecule has 0 saturated heterocycles. The first-order valence-electron chi connectivity index (χ1n) is 6.17. The summed E-state index contributed by atoms with van der Waals surface area (Å²) < 4.78 is 26.0. The molecule has 0 amide bonds. The molecule has 0 aliphatic rings. The molecule has 1 aromatic carbocycles. The van der Waals surface area contributed by atoms with Crippen LogP contribution >= 0.6 is 0 Å². The fourth-order valence-electron chi connectivity index (χ4n) is 1.73. The second-order valence-electron chi connectivity index (χ2n) is 4.41. The Morgan fingerprint density at radius 3 is 2.61 bits per heavy atom. The Hall–Kier alpha value is -0.910. The number of benzene rings is 1. The third-order valence-electron chi connectivity index (χ3n) is 3.04. The zero-order valence-electron chi connectivity index (χ0n) is 11.5. The molecule has 1 atom stereocenters. The minimum absolute atomic E-state index is 0.136. The van der Waals surface area contributed by atoms with Crippen LogP contribution in [0, 0.1) is 0 Å². The van der Waals surface area contributed by atoms with Gasteiger partial charge in [0, 0.05) is 19.6 Å². The van der Waals surface area contributed by atoms with E-state index in [1.165, 1.54) is 4.31 Å². The number of rotatable bonds is 6. The SMILES string of the molecule is CCCN(C)S(=O)(=O)c1cccc(C(C)NC)c1. The largest absolute Gasteiger partial charge is 0.313 e. The number of hydrogen-bond donors (Lipinski definition) is 1. The second kappa shape index (κ2) is 6.31. The highest BCUT2D eigenvalue weighted by molar-refractivity contribution is 7.89. The van der Waals surface area contributed by atoms with E-state index in [1.807, 2.05) is 27.0 Å². The molecule has 0 aliphatic carbocycles. The van der Waals surface area contributed by atoms with Crippen molar-refractivity contribution < 1.29 is 8.42 Å². The van der Waals surface area contributed by atoms with Crippen LogP contribution in [-0.2, 0) is 10.0 Å². The van der Waals surface area contributed by atoms with Gasteiger partial charge < -0.3 is 5.32 Å². The smallest absolute Gasteiger partial charge is 0.242 e. The summed E-state index contributed by atoms with van der Waals surface area (Å²) in [5, 5.41) is 3.11. The highest BCUT2D eigenvalue weighted by atomic mass is 32.2. The molecule has 1 rings (SSSR count). The molecule has 0 spiro atoms. The number of nitrogens with one attached hydrogen (secondary N) is 1. The summed E-state index contributed by atoms with van der Waals surface area (Å²) in [6, 6.07) is 7.24. The van der Waals surface area contributed by atoms with Crippen molar-refractivity contribution >= 4 is 10.0 Å². The minimum Gasteiger partial charge on any atom is -0.313 e. The Morgan fingerprint density at radius 2 is 2.06 bits per heavy atom. The third kappa shape index (κ3) is 3.31. The molecule has 5 heteroatoms. The van der Waals surface area contributed by atoms with Gasteiger partial charge in [-0.25, -0.2) is 12.7 Å². The highest BCUT2D eigenvalue weighted by Crippen LogP contribution is 2.19. The lowest BCUT2D eigenvalue weighted by atomic mass is 10.1. The van der Waals surface area contributed by atoms with Crippen LogP contribution in [0.1, 0.15) is 31.9 Å². The van der Waals surface area contributed by atoms with Crippen LogP contribution < -0.4 is 5.32 Å². The van der Waals surface area contributed by atoms with Crippen LogP contribution in [0.4, 0.5) is 0 Å². The van der Waals surface area contributed by atoms with E-state index in [0.29, 0.717) is 11.4 Å². The molecule has 0 aromatic heterocycles. The van der Waals surface area contributed by atoms with Crippen molar-refractivity contribution in [2.24, 2.45) is 0 Å². The molecule has 0 heterocycles. The van der Waals surface area contributed by atoms with Gasteiger partial charge in [0.1, 0.15) is 0 Å². The first-order chi connectivity index (χ1) is 8.43. The Kier molecular flexibility index (Phi) is 5.31.